The van der Waals surface area contributed by atoms with Crippen molar-refractivity contribution in [3.8, 4) is 17.2 Å². The van der Waals surface area contributed by atoms with Crippen molar-refractivity contribution >= 4 is 35.0 Å². The fourth-order valence-corrected chi connectivity index (χ4v) is 5.76. The zero-order valence-electron chi connectivity index (χ0n) is 26.6. The smallest absolute Gasteiger partial charge is 0.278 e. The van der Waals surface area contributed by atoms with E-state index in [-0.39, 0.29) is 30.1 Å². The van der Waals surface area contributed by atoms with Crippen molar-refractivity contribution in [3.05, 3.63) is 94.7 Å². The summed E-state index contributed by atoms with van der Waals surface area (Å²) in [4.78, 5) is 45.0. The molecule has 2 amide bonds. The Bertz CT molecular complexity index is 1870. The van der Waals surface area contributed by atoms with Crippen LogP contribution < -0.4 is 24.8 Å². The van der Waals surface area contributed by atoms with Gasteiger partial charge in [-0.25, -0.2) is 18.8 Å². The van der Waals surface area contributed by atoms with Crippen molar-refractivity contribution in [2.45, 2.75) is 6.42 Å². The molecule has 3 heterocycles. The summed E-state index contributed by atoms with van der Waals surface area (Å²) >= 11 is 0. The lowest BCUT2D eigenvalue weighted by molar-refractivity contribution is -0.112. The summed E-state index contributed by atoms with van der Waals surface area (Å²) in [5.41, 5.74) is 8.94. The van der Waals surface area contributed by atoms with Crippen molar-refractivity contribution in [3.63, 3.8) is 0 Å². The van der Waals surface area contributed by atoms with Crippen LogP contribution in [0.15, 0.2) is 65.8 Å². The maximum atomic E-state index is 14.4. The van der Waals surface area contributed by atoms with Gasteiger partial charge in [0.05, 0.1) is 33.7 Å². The van der Waals surface area contributed by atoms with E-state index in [0.717, 1.165) is 5.56 Å². The Hall–Kier alpha value is -5.63. The molecule has 1 aromatic heterocycles. The number of piperazine rings is 1. The van der Waals surface area contributed by atoms with Crippen molar-refractivity contribution in [2.75, 3.05) is 64.8 Å². The third kappa shape index (κ3) is 6.47. The van der Waals surface area contributed by atoms with Gasteiger partial charge >= 0.3 is 0 Å². The van der Waals surface area contributed by atoms with Gasteiger partial charge in [0.1, 0.15) is 23.2 Å². The maximum absolute atomic E-state index is 14.4. The van der Waals surface area contributed by atoms with E-state index >= 15 is 0 Å². The number of methoxy groups -OCH3 is 3. The standard InChI is InChI=1S/C34H33F2N7O5/c1-46-27-15-20(16-28(47-2)30(27)48-3)14-22-18-38-34(40-31(22)37)39-29-25-17-24(36)8-9-26(25)43(33(29)45)19-41-10-12-42(13-11-41)32(44)21-4-6-23(35)7-5-21/h4-9,15-18H,10-14,19H2,1-3H3,(H2,37,38,40)/b39-29-. The second-order valence-electron chi connectivity index (χ2n) is 11.2. The highest BCUT2D eigenvalue weighted by molar-refractivity contribution is 6.54. The van der Waals surface area contributed by atoms with Gasteiger partial charge in [0, 0.05) is 55.5 Å². The van der Waals surface area contributed by atoms with Gasteiger partial charge in [0.25, 0.3) is 17.8 Å². The third-order valence-corrected chi connectivity index (χ3v) is 8.26. The molecule has 12 nitrogen and oxygen atoms in total. The fraction of sp³-hybridized carbons (Fsp3) is 0.265. The molecular formula is C34H33F2N7O5. The highest BCUT2D eigenvalue weighted by Gasteiger charge is 2.36. The largest absolute Gasteiger partial charge is 0.493 e. The molecule has 48 heavy (non-hydrogen) atoms. The quantitative estimate of drug-likeness (QED) is 0.285. The van der Waals surface area contributed by atoms with Crippen LogP contribution in [0.2, 0.25) is 0 Å². The van der Waals surface area contributed by atoms with Gasteiger partial charge in [-0.05, 0) is 60.2 Å². The molecule has 14 heteroatoms. The molecule has 6 rings (SSSR count). The Morgan fingerprint density at radius 3 is 2.21 bits per heavy atom. The molecule has 2 aliphatic rings. The van der Waals surface area contributed by atoms with Crippen molar-refractivity contribution < 1.29 is 32.6 Å². The zero-order valence-corrected chi connectivity index (χ0v) is 26.6. The van der Waals surface area contributed by atoms with Crippen LogP contribution in [0.4, 0.5) is 26.2 Å². The van der Waals surface area contributed by atoms with Crippen molar-refractivity contribution in [1.29, 1.82) is 0 Å². The lowest BCUT2D eigenvalue weighted by atomic mass is 10.1. The molecule has 4 aromatic rings. The average molecular weight is 658 g/mol. The Morgan fingerprint density at radius 2 is 1.58 bits per heavy atom. The van der Waals surface area contributed by atoms with Crippen LogP contribution in [0.5, 0.6) is 17.2 Å². The Morgan fingerprint density at radius 1 is 0.917 bits per heavy atom. The van der Waals surface area contributed by atoms with Crippen LogP contribution >= 0.6 is 0 Å². The number of rotatable bonds is 9. The SMILES string of the molecule is COc1cc(Cc2cnc(/N=C3\C(=O)N(CN4CCN(C(=O)c5ccc(F)cc5)CC4)c4ccc(F)cc43)nc2N)cc(OC)c1OC. The Labute approximate surface area is 275 Å². The van der Waals surface area contributed by atoms with Crippen LogP contribution in [0.3, 0.4) is 0 Å². The number of hydrogen-bond acceptors (Lipinski definition) is 10. The molecule has 0 radical (unpaired) electrons. The van der Waals surface area contributed by atoms with E-state index in [1.807, 2.05) is 4.90 Å². The monoisotopic (exact) mass is 657 g/mol. The number of carbonyl (C=O) groups is 2. The van der Waals surface area contributed by atoms with E-state index < -0.39 is 17.5 Å². The first kappa shape index (κ1) is 32.3. The third-order valence-electron chi connectivity index (χ3n) is 8.26. The van der Waals surface area contributed by atoms with Gasteiger partial charge in [-0.3, -0.25) is 19.4 Å². The second-order valence-corrected chi connectivity index (χ2v) is 11.2. The number of halogens is 2. The summed E-state index contributed by atoms with van der Waals surface area (Å²) in [5.74, 6) is 0.00182. The molecule has 0 atom stereocenters. The first-order chi connectivity index (χ1) is 23.2. The van der Waals surface area contributed by atoms with Crippen molar-refractivity contribution in [1.82, 2.24) is 19.8 Å². The van der Waals surface area contributed by atoms with Gasteiger partial charge in [-0.2, -0.15) is 4.98 Å². The number of aromatic nitrogens is 2. The first-order valence-electron chi connectivity index (χ1n) is 15.1. The van der Waals surface area contributed by atoms with Gasteiger partial charge in [0.2, 0.25) is 5.75 Å². The number of benzene rings is 3. The molecule has 2 aliphatic heterocycles. The minimum atomic E-state index is -0.523. The van der Waals surface area contributed by atoms with E-state index in [2.05, 4.69) is 15.0 Å². The number of amides is 2. The van der Waals surface area contributed by atoms with Gasteiger partial charge in [0.15, 0.2) is 11.5 Å². The van der Waals surface area contributed by atoms with E-state index in [0.29, 0.717) is 72.2 Å². The van der Waals surface area contributed by atoms with E-state index in [4.69, 9.17) is 19.9 Å². The predicted molar refractivity (Wildman–Crippen MR) is 174 cm³/mol. The van der Waals surface area contributed by atoms with Crippen molar-refractivity contribution in [2.24, 2.45) is 4.99 Å². The molecule has 3 aromatic carbocycles. The normalized spacial score (nSPS) is 15.5. The average Bonchev–Trinajstić information content (AvgIpc) is 3.34. The first-order valence-corrected chi connectivity index (χ1v) is 15.1. The number of fused-ring (bicyclic) bond motifs is 1. The van der Waals surface area contributed by atoms with Crippen LogP contribution in [0, 0.1) is 11.6 Å². The summed E-state index contributed by atoms with van der Waals surface area (Å²) in [6, 6.07) is 13.1. The lowest BCUT2D eigenvalue weighted by Gasteiger charge is -2.36. The molecule has 0 unspecified atom stereocenters. The number of nitrogens with zero attached hydrogens (tertiary/aromatic N) is 6. The summed E-state index contributed by atoms with van der Waals surface area (Å²) in [5, 5.41) is 0. The minimum absolute atomic E-state index is 0.00796. The van der Waals surface area contributed by atoms with Gasteiger partial charge in [-0.15, -0.1) is 0 Å². The number of hydrogen-bond donors (Lipinski definition) is 1. The molecular weight excluding hydrogens is 624 g/mol. The number of anilines is 2. The molecule has 2 N–H and O–H groups in total. The number of aliphatic imine (C=N–C) groups is 1. The van der Waals surface area contributed by atoms with Gasteiger partial charge in [-0.1, -0.05) is 0 Å². The number of nitrogens with two attached hydrogens (primary N) is 1. The molecule has 0 bridgehead atoms. The summed E-state index contributed by atoms with van der Waals surface area (Å²) in [6.07, 6.45) is 1.88. The van der Waals surface area contributed by atoms with E-state index in [1.165, 1.54) is 74.9 Å². The molecule has 248 valence electrons. The van der Waals surface area contributed by atoms with Crippen LogP contribution in [0.25, 0.3) is 0 Å². The summed E-state index contributed by atoms with van der Waals surface area (Å²) in [7, 11) is 4.58. The number of carbonyl (C=O) groups excluding carboxylic acids is 2. The van der Waals surface area contributed by atoms with Crippen LogP contribution in [0.1, 0.15) is 27.0 Å². The predicted octanol–water partition coefficient (Wildman–Crippen LogP) is 3.84. The Kier molecular flexibility index (Phi) is 9.17. The van der Waals surface area contributed by atoms with Gasteiger partial charge < -0.3 is 24.8 Å². The lowest BCUT2D eigenvalue weighted by Crippen LogP contribution is -2.52. The van der Waals surface area contributed by atoms with Crippen LogP contribution in [-0.2, 0) is 11.2 Å². The number of ether oxygens (including phenoxy) is 3. The molecule has 1 fully saturated rings. The molecule has 0 saturated carbocycles. The maximum Gasteiger partial charge on any atom is 0.278 e. The molecule has 0 spiro atoms. The van der Waals surface area contributed by atoms with E-state index in [9.17, 15) is 18.4 Å². The molecule has 0 aliphatic carbocycles. The minimum Gasteiger partial charge on any atom is -0.493 e. The van der Waals surface area contributed by atoms with Crippen LogP contribution in [-0.4, -0.2) is 91.5 Å². The zero-order chi connectivity index (χ0) is 33.9. The number of nitrogen functional groups attached to an aromatic ring is 1. The summed E-state index contributed by atoms with van der Waals surface area (Å²) < 4.78 is 44.0. The Balaban J connectivity index is 1.18. The summed E-state index contributed by atoms with van der Waals surface area (Å²) in [6.45, 7) is 2.03. The highest BCUT2D eigenvalue weighted by Crippen LogP contribution is 2.39. The highest BCUT2D eigenvalue weighted by atomic mass is 19.1. The van der Waals surface area contributed by atoms with E-state index in [1.54, 1.807) is 17.0 Å². The fourth-order valence-electron chi connectivity index (χ4n) is 5.76. The topological polar surface area (TPSA) is 136 Å². The molecule has 1 saturated heterocycles. The second kappa shape index (κ2) is 13.6.